The lowest BCUT2D eigenvalue weighted by Gasteiger charge is -2.16. The van der Waals surface area contributed by atoms with E-state index in [9.17, 15) is 9.59 Å². The molecule has 3 aromatic rings. The number of thioether (sulfide) groups is 1. The minimum atomic E-state index is -0.198. The van der Waals surface area contributed by atoms with Crippen LogP contribution in [0.15, 0.2) is 53.7 Å². The molecule has 146 valence electrons. The van der Waals surface area contributed by atoms with Gasteiger partial charge in [0.1, 0.15) is 0 Å². The minimum Gasteiger partial charge on any atom is -0.336 e. The van der Waals surface area contributed by atoms with E-state index in [1.165, 1.54) is 4.90 Å². The van der Waals surface area contributed by atoms with Crippen molar-refractivity contribution in [2.24, 2.45) is 0 Å². The monoisotopic (exact) mass is 396 g/mol. The number of carbonyl (C=O) groups is 2. The van der Waals surface area contributed by atoms with Crippen LogP contribution in [-0.4, -0.2) is 46.0 Å². The van der Waals surface area contributed by atoms with Crippen LogP contribution in [0.5, 0.6) is 0 Å². The van der Waals surface area contributed by atoms with E-state index >= 15 is 0 Å². The van der Waals surface area contributed by atoms with Crippen LogP contribution in [0.25, 0.3) is 11.0 Å². The zero-order valence-corrected chi connectivity index (χ0v) is 16.9. The quantitative estimate of drug-likeness (QED) is 0.448. The molecule has 2 N–H and O–H groups in total. The smallest absolute Gasteiger partial charge is 0.243 e. The number of nitrogens with one attached hydrogen (secondary N) is 2. The number of anilines is 1. The summed E-state index contributed by atoms with van der Waals surface area (Å²) in [4.78, 5) is 33.6. The number of benzene rings is 2. The third kappa shape index (κ3) is 5.60. The minimum absolute atomic E-state index is 0.0377. The molecule has 2 aromatic carbocycles. The topological polar surface area (TPSA) is 78.1 Å². The van der Waals surface area contributed by atoms with Gasteiger partial charge in [-0.3, -0.25) is 9.59 Å². The molecule has 0 aliphatic carbocycles. The van der Waals surface area contributed by atoms with Crippen molar-refractivity contribution in [3.63, 3.8) is 0 Å². The molecule has 0 fully saturated rings. The number of H-pyrrole nitrogens is 1. The van der Waals surface area contributed by atoms with Crippen LogP contribution in [-0.2, 0) is 9.59 Å². The first-order valence-corrected chi connectivity index (χ1v) is 10.2. The van der Waals surface area contributed by atoms with E-state index in [1.807, 2.05) is 55.5 Å². The molecule has 0 atom stereocenters. The van der Waals surface area contributed by atoms with Gasteiger partial charge in [0.15, 0.2) is 5.16 Å². The Balaban J connectivity index is 1.37. The highest BCUT2D eigenvalue weighted by atomic mass is 32.2. The van der Waals surface area contributed by atoms with Crippen LogP contribution in [0.2, 0.25) is 0 Å². The fourth-order valence-corrected chi connectivity index (χ4v) is 3.55. The number of fused-ring (bicyclic) bond motifs is 1. The van der Waals surface area contributed by atoms with Gasteiger partial charge in [0, 0.05) is 24.9 Å². The van der Waals surface area contributed by atoms with Gasteiger partial charge in [-0.05, 0) is 37.6 Å². The SMILES string of the molecule is Cc1ccc(NC(=O)CN(C)C(=O)CCCSc2nc3ccccc3[nH]2)cc1. The summed E-state index contributed by atoms with van der Waals surface area (Å²) >= 11 is 1.60. The van der Waals surface area contributed by atoms with Gasteiger partial charge in [-0.2, -0.15) is 0 Å². The molecule has 0 bridgehead atoms. The standard InChI is InChI=1S/C21H24N4O2S/c1-15-9-11-16(12-10-15)22-19(26)14-25(2)20(27)8-5-13-28-21-23-17-6-3-4-7-18(17)24-21/h3-4,6-7,9-12H,5,8,13-14H2,1-2H3,(H,22,26)(H,23,24). The normalized spacial score (nSPS) is 10.8. The summed E-state index contributed by atoms with van der Waals surface area (Å²) in [5.74, 6) is 0.551. The number of hydrogen-bond acceptors (Lipinski definition) is 4. The Morgan fingerprint density at radius 3 is 2.64 bits per heavy atom. The lowest BCUT2D eigenvalue weighted by molar-refractivity contribution is -0.133. The van der Waals surface area contributed by atoms with Crippen LogP contribution in [0.1, 0.15) is 18.4 Å². The van der Waals surface area contributed by atoms with Gasteiger partial charge in [-0.1, -0.05) is 41.6 Å². The summed E-state index contributed by atoms with van der Waals surface area (Å²) in [6.07, 6.45) is 1.13. The number of aromatic nitrogens is 2. The fraction of sp³-hybridized carbons (Fsp3) is 0.286. The highest BCUT2D eigenvalue weighted by Gasteiger charge is 2.13. The summed E-state index contributed by atoms with van der Waals surface area (Å²) in [5, 5.41) is 3.67. The summed E-state index contributed by atoms with van der Waals surface area (Å²) in [6, 6.07) is 15.5. The van der Waals surface area contributed by atoms with E-state index in [0.717, 1.165) is 39.6 Å². The van der Waals surface area contributed by atoms with Crippen LogP contribution in [0.3, 0.4) is 0 Å². The lowest BCUT2D eigenvalue weighted by Crippen LogP contribution is -2.34. The van der Waals surface area contributed by atoms with Gasteiger partial charge in [-0.25, -0.2) is 4.98 Å². The number of nitrogens with zero attached hydrogens (tertiary/aromatic N) is 2. The maximum atomic E-state index is 12.2. The molecule has 0 saturated heterocycles. The molecule has 7 heteroatoms. The Labute approximate surface area is 168 Å². The summed E-state index contributed by atoms with van der Waals surface area (Å²) in [6.45, 7) is 2.04. The van der Waals surface area contributed by atoms with Crippen molar-refractivity contribution >= 4 is 40.3 Å². The van der Waals surface area contributed by atoms with Crippen molar-refractivity contribution in [1.82, 2.24) is 14.9 Å². The van der Waals surface area contributed by atoms with Crippen molar-refractivity contribution in [3.05, 3.63) is 54.1 Å². The van der Waals surface area contributed by atoms with E-state index < -0.39 is 0 Å². The van der Waals surface area contributed by atoms with E-state index in [2.05, 4.69) is 15.3 Å². The van der Waals surface area contributed by atoms with E-state index in [4.69, 9.17) is 0 Å². The molecule has 0 aliphatic heterocycles. The lowest BCUT2D eigenvalue weighted by atomic mass is 10.2. The maximum absolute atomic E-state index is 12.2. The molecular formula is C21H24N4O2S. The molecular weight excluding hydrogens is 372 g/mol. The second-order valence-corrected chi connectivity index (χ2v) is 7.76. The number of carbonyl (C=O) groups excluding carboxylic acids is 2. The highest BCUT2D eigenvalue weighted by molar-refractivity contribution is 7.99. The Kier molecular flexibility index (Phi) is 6.71. The largest absolute Gasteiger partial charge is 0.336 e. The van der Waals surface area contributed by atoms with Crippen molar-refractivity contribution in [1.29, 1.82) is 0 Å². The number of para-hydroxylation sites is 2. The number of imidazole rings is 1. The zero-order chi connectivity index (χ0) is 19.9. The van der Waals surface area contributed by atoms with Crippen LogP contribution < -0.4 is 5.32 Å². The van der Waals surface area contributed by atoms with Crippen LogP contribution in [0.4, 0.5) is 5.69 Å². The predicted octanol–water partition coefficient (Wildman–Crippen LogP) is 3.84. The molecule has 1 heterocycles. The summed E-state index contributed by atoms with van der Waals surface area (Å²) in [5.41, 5.74) is 3.82. The second-order valence-electron chi connectivity index (χ2n) is 6.68. The van der Waals surface area contributed by atoms with Gasteiger partial charge in [0.2, 0.25) is 11.8 Å². The van der Waals surface area contributed by atoms with Gasteiger partial charge < -0.3 is 15.2 Å². The first-order valence-electron chi connectivity index (χ1n) is 9.19. The number of amides is 2. The first kappa shape index (κ1) is 19.9. The maximum Gasteiger partial charge on any atom is 0.243 e. The zero-order valence-electron chi connectivity index (χ0n) is 16.1. The molecule has 2 amide bonds. The molecule has 3 rings (SSSR count). The summed E-state index contributed by atoms with van der Waals surface area (Å²) in [7, 11) is 1.66. The molecule has 0 unspecified atom stereocenters. The van der Waals surface area contributed by atoms with Gasteiger partial charge in [-0.15, -0.1) is 0 Å². The predicted molar refractivity (Wildman–Crippen MR) is 113 cm³/mol. The summed E-state index contributed by atoms with van der Waals surface area (Å²) < 4.78 is 0. The number of hydrogen-bond donors (Lipinski definition) is 2. The number of aryl methyl sites for hydroxylation is 1. The Hall–Kier alpha value is -2.80. The fourth-order valence-electron chi connectivity index (χ4n) is 2.72. The van der Waals surface area contributed by atoms with Crippen LogP contribution >= 0.6 is 11.8 Å². The first-order chi connectivity index (χ1) is 13.5. The molecule has 28 heavy (non-hydrogen) atoms. The van der Waals surface area contributed by atoms with Gasteiger partial charge >= 0.3 is 0 Å². The Morgan fingerprint density at radius 2 is 1.89 bits per heavy atom. The third-order valence-electron chi connectivity index (χ3n) is 4.28. The molecule has 0 radical (unpaired) electrons. The average molecular weight is 397 g/mol. The molecule has 0 aliphatic rings. The van der Waals surface area contributed by atoms with E-state index in [0.29, 0.717) is 6.42 Å². The van der Waals surface area contributed by atoms with Gasteiger partial charge in [0.25, 0.3) is 0 Å². The second kappa shape index (κ2) is 9.41. The van der Waals surface area contributed by atoms with E-state index in [1.54, 1.807) is 18.8 Å². The molecule has 1 aromatic heterocycles. The number of aromatic amines is 1. The third-order valence-corrected chi connectivity index (χ3v) is 5.24. The highest BCUT2D eigenvalue weighted by Crippen LogP contribution is 2.20. The van der Waals surface area contributed by atoms with Gasteiger partial charge in [0.05, 0.1) is 17.6 Å². The Morgan fingerprint density at radius 1 is 1.14 bits per heavy atom. The molecule has 0 spiro atoms. The van der Waals surface area contributed by atoms with Crippen molar-refractivity contribution in [2.45, 2.75) is 24.9 Å². The van der Waals surface area contributed by atoms with Crippen molar-refractivity contribution in [3.8, 4) is 0 Å². The number of likely N-dealkylation sites (N-methyl/N-ethyl adjacent to an activating group) is 1. The Bertz CT molecular complexity index is 919. The molecule has 6 nitrogen and oxygen atoms in total. The average Bonchev–Trinajstić information content (AvgIpc) is 3.09. The van der Waals surface area contributed by atoms with Crippen LogP contribution in [0, 0.1) is 6.92 Å². The number of rotatable bonds is 8. The van der Waals surface area contributed by atoms with Crippen molar-refractivity contribution in [2.75, 3.05) is 24.7 Å². The van der Waals surface area contributed by atoms with E-state index in [-0.39, 0.29) is 18.4 Å². The van der Waals surface area contributed by atoms with Crippen molar-refractivity contribution < 1.29 is 9.59 Å². The molecule has 0 saturated carbocycles.